The maximum atomic E-state index is 13.0. The predicted octanol–water partition coefficient (Wildman–Crippen LogP) is 5.98. The Balaban J connectivity index is 2.35. The Morgan fingerprint density at radius 3 is 2.06 bits per heavy atom. The fourth-order valence-electron chi connectivity index (χ4n) is 3.63. The minimum Gasteiger partial charge on any atom is -0.494 e. The van der Waals surface area contributed by atoms with Crippen molar-refractivity contribution in [2.24, 2.45) is 5.73 Å². The van der Waals surface area contributed by atoms with Crippen LogP contribution in [-0.4, -0.2) is 43.0 Å². The van der Waals surface area contributed by atoms with Crippen molar-refractivity contribution in [2.75, 3.05) is 24.7 Å². The molecule has 0 saturated heterocycles. The average Bonchev–Trinajstić information content (AvgIpc) is 2.79. The Kier molecular flexibility index (Phi) is 14.8. The van der Waals surface area contributed by atoms with E-state index in [0.29, 0.717) is 17.3 Å². The Bertz CT molecular complexity index is 656. The van der Waals surface area contributed by atoms with Crippen LogP contribution in [0.3, 0.4) is 0 Å². The lowest BCUT2D eigenvalue weighted by atomic mass is 10.1. The molecule has 0 heterocycles. The predicted molar refractivity (Wildman–Crippen MR) is 126 cm³/mol. The molecule has 1 aromatic rings. The summed E-state index contributed by atoms with van der Waals surface area (Å²) in [4.78, 5) is 12.4. The summed E-state index contributed by atoms with van der Waals surface area (Å²) >= 11 is 0. The van der Waals surface area contributed by atoms with Crippen molar-refractivity contribution >= 4 is 11.6 Å². The molecule has 3 N–H and O–H groups in total. The second-order valence-corrected chi connectivity index (χ2v) is 8.59. The number of benzene rings is 1. The molecule has 0 aliphatic rings. The van der Waals surface area contributed by atoms with Crippen molar-refractivity contribution < 1.29 is 27.8 Å². The number of amides is 1. The lowest BCUT2D eigenvalue weighted by Gasteiger charge is -2.26. The standard InChI is InChI=1S/C25H41F3N2O3/c1-2-3-4-5-6-7-8-9-10-11-12-13-17-33-23-16-14-15-22(18-23)30(19-21(29)20-31)24(32)25(26,27)28/h14-16,18,21,31H,2-13,17,19-20,29H2,1H3. The number of rotatable bonds is 18. The van der Waals surface area contributed by atoms with Gasteiger partial charge in [0.2, 0.25) is 0 Å². The summed E-state index contributed by atoms with van der Waals surface area (Å²) < 4.78 is 44.7. The third-order valence-electron chi connectivity index (χ3n) is 5.54. The molecular formula is C25H41F3N2O3. The van der Waals surface area contributed by atoms with E-state index in [-0.39, 0.29) is 5.69 Å². The van der Waals surface area contributed by atoms with Gasteiger partial charge in [0.1, 0.15) is 5.75 Å². The van der Waals surface area contributed by atoms with Gasteiger partial charge in [0.25, 0.3) is 0 Å². The molecule has 5 nitrogen and oxygen atoms in total. The number of nitrogens with zero attached hydrogens (tertiary/aromatic N) is 1. The number of aliphatic hydroxyl groups excluding tert-OH is 1. The molecule has 1 amide bonds. The van der Waals surface area contributed by atoms with Gasteiger partial charge in [-0.3, -0.25) is 4.79 Å². The van der Waals surface area contributed by atoms with Crippen molar-refractivity contribution in [1.82, 2.24) is 0 Å². The van der Waals surface area contributed by atoms with E-state index >= 15 is 0 Å². The monoisotopic (exact) mass is 474 g/mol. The number of hydrogen-bond donors (Lipinski definition) is 2. The second-order valence-electron chi connectivity index (χ2n) is 8.59. The van der Waals surface area contributed by atoms with Gasteiger partial charge in [-0.05, 0) is 18.6 Å². The molecule has 1 atom stereocenters. The van der Waals surface area contributed by atoms with E-state index in [0.717, 1.165) is 19.3 Å². The van der Waals surface area contributed by atoms with Crippen molar-refractivity contribution in [2.45, 2.75) is 96.2 Å². The van der Waals surface area contributed by atoms with Crippen molar-refractivity contribution in [1.29, 1.82) is 0 Å². The molecule has 0 bridgehead atoms. The molecule has 0 fully saturated rings. The Labute approximate surface area is 196 Å². The fraction of sp³-hybridized carbons (Fsp3) is 0.720. The highest BCUT2D eigenvalue weighted by atomic mass is 19.4. The zero-order chi connectivity index (χ0) is 24.5. The molecular weight excluding hydrogens is 433 g/mol. The number of unbranched alkanes of at least 4 members (excludes halogenated alkanes) is 11. The van der Waals surface area contributed by atoms with Gasteiger partial charge in [-0.2, -0.15) is 13.2 Å². The minimum absolute atomic E-state index is 0.0356. The molecule has 1 rings (SSSR count). The molecule has 1 aromatic carbocycles. The first-order valence-corrected chi connectivity index (χ1v) is 12.3. The molecule has 0 aliphatic carbocycles. The van der Waals surface area contributed by atoms with E-state index in [1.807, 2.05) is 0 Å². The number of ether oxygens (including phenoxy) is 1. The quantitative estimate of drug-likeness (QED) is 0.257. The number of nitrogens with two attached hydrogens (primary N) is 1. The van der Waals surface area contributed by atoms with Gasteiger partial charge >= 0.3 is 12.1 Å². The highest BCUT2D eigenvalue weighted by Crippen LogP contribution is 2.27. The van der Waals surface area contributed by atoms with Crippen LogP contribution >= 0.6 is 0 Å². The Morgan fingerprint density at radius 2 is 1.55 bits per heavy atom. The molecule has 0 saturated carbocycles. The zero-order valence-corrected chi connectivity index (χ0v) is 19.9. The summed E-state index contributed by atoms with van der Waals surface area (Å²) in [5.74, 6) is -1.63. The van der Waals surface area contributed by atoms with Crippen LogP contribution in [0.2, 0.25) is 0 Å². The number of carbonyl (C=O) groups excluding carboxylic acids is 1. The molecule has 0 spiro atoms. The maximum absolute atomic E-state index is 13.0. The number of alkyl halides is 3. The molecule has 8 heteroatoms. The van der Waals surface area contributed by atoms with E-state index < -0.39 is 31.3 Å². The molecule has 0 aliphatic heterocycles. The summed E-state index contributed by atoms with van der Waals surface area (Å²) in [6, 6.07) is 4.99. The Morgan fingerprint density at radius 1 is 1.00 bits per heavy atom. The minimum atomic E-state index is -5.04. The third-order valence-corrected chi connectivity index (χ3v) is 5.54. The Hall–Kier alpha value is -1.80. The highest BCUT2D eigenvalue weighted by Gasteiger charge is 2.43. The van der Waals surface area contributed by atoms with Gasteiger partial charge < -0.3 is 20.5 Å². The van der Waals surface area contributed by atoms with E-state index in [1.165, 1.54) is 76.0 Å². The van der Waals surface area contributed by atoms with Gasteiger partial charge in [0.15, 0.2) is 0 Å². The van der Waals surface area contributed by atoms with Crippen LogP contribution in [-0.2, 0) is 4.79 Å². The summed E-state index contributed by atoms with van der Waals surface area (Å²) in [6.45, 7) is 1.71. The average molecular weight is 475 g/mol. The second kappa shape index (κ2) is 16.8. The van der Waals surface area contributed by atoms with Crippen LogP contribution in [0.25, 0.3) is 0 Å². The highest BCUT2D eigenvalue weighted by molar-refractivity contribution is 5.97. The fourth-order valence-corrected chi connectivity index (χ4v) is 3.63. The van der Waals surface area contributed by atoms with Gasteiger partial charge in [-0.15, -0.1) is 0 Å². The number of aliphatic hydroxyl groups is 1. The van der Waals surface area contributed by atoms with Crippen LogP contribution in [0.4, 0.5) is 18.9 Å². The molecule has 1 unspecified atom stereocenters. The summed E-state index contributed by atoms with van der Waals surface area (Å²) in [5, 5.41) is 9.09. The molecule has 33 heavy (non-hydrogen) atoms. The smallest absolute Gasteiger partial charge is 0.471 e. The maximum Gasteiger partial charge on any atom is 0.471 e. The number of carbonyl (C=O) groups is 1. The number of hydrogen-bond acceptors (Lipinski definition) is 4. The summed E-state index contributed by atoms with van der Waals surface area (Å²) in [6.07, 6.45) is 9.76. The number of anilines is 1. The van der Waals surface area contributed by atoms with Gasteiger partial charge in [0, 0.05) is 24.3 Å². The lowest BCUT2D eigenvalue weighted by Crippen LogP contribution is -2.48. The molecule has 190 valence electrons. The van der Waals surface area contributed by atoms with Crippen LogP contribution in [0.15, 0.2) is 24.3 Å². The molecule has 0 radical (unpaired) electrons. The van der Waals surface area contributed by atoms with E-state index in [2.05, 4.69) is 6.92 Å². The number of halogens is 3. The zero-order valence-electron chi connectivity index (χ0n) is 19.9. The van der Waals surface area contributed by atoms with Gasteiger partial charge in [0.05, 0.1) is 13.2 Å². The van der Waals surface area contributed by atoms with E-state index in [4.69, 9.17) is 15.6 Å². The van der Waals surface area contributed by atoms with Crippen LogP contribution in [0.1, 0.15) is 84.0 Å². The normalized spacial score (nSPS) is 12.5. The topological polar surface area (TPSA) is 75.8 Å². The van der Waals surface area contributed by atoms with Crippen LogP contribution < -0.4 is 15.4 Å². The van der Waals surface area contributed by atoms with Crippen LogP contribution in [0.5, 0.6) is 5.75 Å². The van der Waals surface area contributed by atoms with Gasteiger partial charge in [-0.1, -0.05) is 83.6 Å². The van der Waals surface area contributed by atoms with E-state index in [9.17, 15) is 18.0 Å². The van der Waals surface area contributed by atoms with Gasteiger partial charge in [-0.25, -0.2) is 0 Å². The van der Waals surface area contributed by atoms with Crippen molar-refractivity contribution in [3.05, 3.63) is 24.3 Å². The summed E-state index contributed by atoms with van der Waals surface area (Å²) in [7, 11) is 0. The largest absolute Gasteiger partial charge is 0.494 e. The first-order valence-electron chi connectivity index (χ1n) is 12.3. The third kappa shape index (κ3) is 12.9. The van der Waals surface area contributed by atoms with Crippen LogP contribution in [0, 0.1) is 0 Å². The SMILES string of the molecule is CCCCCCCCCCCCCCOc1cccc(N(CC(N)CO)C(=O)C(F)(F)F)c1. The first kappa shape index (κ1) is 29.2. The first-order chi connectivity index (χ1) is 15.8. The summed E-state index contributed by atoms with van der Waals surface area (Å²) in [5.41, 5.74) is 5.61. The lowest BCUT2D eigenvalue weighted by molar-refractivity contribution is -0.170. The van der Waals surface area contributed by atoms with Crippen molar-refractivity contribution in [3.8, 4) is 5.75 Å². The van der Waals surface area contributed by atoms with Crippen molar-refractivity contribution in [3.63, 3.8) is 0 Å². The molecule has 0 aromatic heterocycles. The van der Waals surface area contributed by atoms with E-state index in [1.54, 1.807) is 6.07 Å².